The minimum absolute atomic E-state index is 0.549. The van der Waals surface area contributed by atoms with E-state index in [0.29, 0.717) is 16.2 Å². The monoisotopic (exact) mass is 336 g/mol. The van der Waals surface area contributed by atoms with Gasteiger partial charge in [0.25, 0.3) is 0 Å². The Morgan fingerprint density at radius 1 is 1.37 bits per heavy atom. The van der Waals surface area contributed by atoms with Gasteiger partial charge in [0.05, 0.1) is 5.69 Å². The lowest BCUT2D eigenvalue weighted by molar-refractivity contribution is -0.119. The molecule has 106 valence electrons. The van der Waals surface area contributed by atoms with Crippen LogP contribution in [0.2, 0.25) is 0 Å². The van der Waals surface area contributed by atoms with Crippen molar-refractivity contribution in [2.45, 2.75) is 31.6 Å². The Kier molecular flexibility index (Phi) is 4.40. The van der Waals surface area contributed by atoms with Crippen LogP contribution in [0.15, 0.2) is 22.7 Å². The molecule has 2 nitrogen and oxygen atoms in total. The molecule has 0 aromatic heterocycles. The first-order valence-electron chi connectivity index (χ1n) is 6.15. The van der Waals surface area contributed by atoms with Crippen molar-refractivity contribution < 1.29 is 13.2 Å². The Balaban J connectivity index is 2.00. The molecule has 1 aliphatic carbocycles. The maximum atomic E-state index is 12.4. The first-order valence-corrected chi connectivity index (χ1v) is 6.94. The Bertz CT molecular complexity index is 444. The zero-order valence-corrected chi connectivity index (χ0v) is 12.2. The van der Waals surface area contributed by atoms with Gasteiger partial charge in [-0.15, -0.1) is 0 Å². The van der Waals surface area contributed by atoms with E-state index in [1.165, 1.54) is 24.8 Å². The van der Waals surface area contributed by atoms with Crippen molar-refractivity contribution in [3.05, 3.63) is 28.2 Å². The quantitative estimate of drug-likeness (QED) is 0.881. The van der Waals surface area contributed by atoms with Crippen molar-refractivity contribution in [3.8, 4) is 0 Å². The topological polar surface area (TPSA) is 15.3 Å². The van der Waals surface area contributed by atoms with Gasteiger partial charge in [-0.05, 0) is 46.5 Å². The molecule has 0 unspecified atom stereocenters. The van der Waals surface area contributed by atoms with Gasteiger partial charge >= 0.3 is 6.18 Å². The summed E-state index contributed by atoms with van der Waals surface area (Å²) >= 11 is 3.34. The fourth-order valence-electron chi connectivity index (χ4n) is 1.87. The summed E-state index contributed by atoms with van der Waals surface area (Å²) in [5, 5.41) is 3.37. The second-order valence-electron chi connectivity index (χ2n) is 4.91. The third-order valence-electron chi connectivity index (χ3n) is 3.01. The molecule has 0 heterocycles. The molecule has 0 atom stereocenters. The third-order valence-corrected chi connectivity index (χ3v) is 3.65. The van der Waals surface area contributed by atoms with E-state index in [0.717, 1.165) is 12.1 Å². The molecular weight excluding hydrogens is 321 g/mol. The van der Waals surface area contributed by atoms with Gasteiger partial charge in [-0.1, -0.05) is 6.07 Å². The lowest BCUT2D eigenvalue weighted by Crippen LogP contribution is -2.31. The van der Waals surface area contributed by atoms with Gasteiger partial charge in [-0.2, -0.15) is 13.2 Å². The first-order chi connectivity index (χ1) is 8.85. The lowest BCUT2D eigenvalue weighted by Gasteiger charge is -2.22. The highest BCUT2D eigenvalue weighted by atomic mass is 79.9. The maximum Gasteiger partial charge on any atom is 0.405 e. The summed E-state index contributed by atoms with van der Waals surface area (Å²) in [6.07, 6.45) is -1.76. The summed E-state index contributed by atoms with van der Waals surface area (Å²) in [5.41, 5.74) is 1.62. The maximum absolute atomic E-state index is 12.4. The largest absolute Gasteiger partial charge is 0.405 e. The van der Waals surface area contributed by atoms with Crippen molar-refractivity contribution in [2.24, 2.45) is 0 Å². The van der Waals surface area contributed by atoms with Crippen molar-refractivity contribution in [1.29, 1.82) is 0 Å². The summed E-state index contributed by atoms with van der Waals surface area (Å²) in [5.74, 6) is 0. The zero-order valence-electron chi connectivity index (χ0n) is 10.6. The van der Waals surface area contributed by atoms with Crippen LogP contribution in [0.5, 0.6) is 0 Å². The van der Waals surface area contributed by atoms with Gasteiger partial charge < -0.3 is 10.2 Å². The van der Waals surface area contributed by atoms with Crippen LogP contribution in [0.1, 0.15) is 18.4 Å². The highest BCUT2D eigenvalue weighted by Gasteiger charge is 2.30. The molecule has 0 spiro atoms. The molecule has 1 saturated carbocycles. The molecule has 1 aromatic rings. The average Bonchev–Trinajstić information content (AvgIpc) is 3.07. The van der Waals surface area contributed by atoms with E-state index in [1.54, 1.807) is 6.07 Å². The minimum atomic E-state index is -4.19. The average molecular weight is 337 g/mol. The van der Waals surface area contributed by atoms with Gasteiger partial charge in [0.2, 0.25) is 0 Å². The van der Waals surface area contributed by atoms with Gasteiger partial charge in [0.15, 0.2) is 0 Å². The SMILES string of the molecule is CN(CC(F)(F)F)c1ccc(CNC2CC2)cc1Br. The molecule has 0 saturated heterocycles. The highest BCUT2D eigenvalue weighted by Crippen LogP contribution is 2.29. The third kappa shape index (κ3) is 4.69. The smallest absolute Gasteiger partial charge is 0.365 e. The highest BCUT2D eigenvalue weighted by molar-refractivity contribution is 9.10. The van der Waals surface area contributed by atoms with E-state index < -0.39 is 12.7 Å². The molecule has 2 rings (SSSR count). The van der Waals surface area contributed by atoms with E-state index in [9.17, 15) is 13.2 Å². The van der Waals surface area contributed by atoms with Crippen LogP contribution < -0.4 is 10.2 Å². The Morgan fingerprint density at radius 3 is 2.58 bits per heavy atom. The minimum Gasteiger partial charge on any atom is -0.365 e. The predicted octanol–water partition coefficient (Wildman–Crippen LogP) is 3.70. The zero-order chi connectivity index (χ0) is 14.0. The number of benzene rings is 1. The van der Waals surface area contributed by atoms with Crippen LogP contribution in [0.4, 0.5) is 18.9 Å². The lowest BCUT2D eigenvalue weighted by atomic mass is 10.2. The van der Waals surface area contributed by atoms with Crippen LogP contribution in [0.25, 0.3) is 0 Å². The summed E-state index contributed by atoms with van der Waals surface area (Å²) < 4.78 is 37.7. The van der Waals surface area contributed by atoms with Gasteiger partial charge in [-0.3, -0.25) is 0 Å². The normalized spacial score (nSPS) is 15.6. The Morgan fingerprint density at radius 2 is 2.05 bits per heavy atom. The number of nitrogens with one attached hydrogen (secondary N) is 1. The van der Waals surface area contributed by atoms with Crippen molar-refractivity contribution in [2.75, 3.05) is 18.5 Å². The fourth-order valence-corrected chi connectivity index (χ4v) is 2.60. The molecular formula is C13H16BrF3N2. The van der Waals surface area contributed by atoms with Crippen LogP contribution >= 0.6 is 15.9 Å². The summed E-state index contributed by atoms with van der Waals surface area (Å²) in [6.45, 7) is -0.197. The number of anilines is 1. The Labute approximate surface area is 119 Å². The van der Waals surface area contributed by atoms with Crippen LogP contribution in [-0.4, -0.2) is 25.8 Å². The molecule has 1 fully saturated rings. The molecule has 1 N–H and O–H groups in total. The molecule has 1 aliphatic rings. The number of hydrogen-bond acceptors (Lipinski definition) is 2. The number of nitrogens with zero attached hydrogens (tertiary/aromatic N) is 1. The van der Waals surface area contributed by atoms with E-state index in [1.807, 2.05) is 12.1 Å². The predicted molar refractivity (Wildman–Crippen MR) is 73.3 cm³/mol. The standard InChI is InChI=1S/C13H16BrF3N2/c1-19(8-13(15,16)17)12-5-2-9(6-11(12)14)7-18-10-3-4-10/h2,5-6,10,18H,3-4,7-8H2,1H3. The van der Waals surface area contributed by atoms with E-state index in [-0.39, 0.29) is 0 Å². The van der Waals surface area contributed by atoms with E-state index in [2.05, 4.69) is 21.2 Å². The molecule has 0 aliphatic heterocycles. The summed E-state index contributed by atoms with van der Waals surface area (Å²) in [7, 11) is 1.44. The molecule has 6 heteroatoms. The summed E-state index contributed by atoms with van der Waals surface area (Å²) in [4.78, 5) is 1.20. The molecule has 0 bridgehead atoms. The summed E-state index contributed by atoms with van der Waals surface area (Å²) in [6, 6.07) is 6.08. The second kappa shape index (κ2) is 5.71. The van der Waals surface area contributed by atoms with Crippen LogP contribution in [0, 0.1) is 0 Å². The van der Waals surface area contributed by atoms with Gasteiger partial charge in [-0.25, -0.2) is 0 Å². The first kappa shape index (κ1) is 14.7. The van der Waals surface area contributed by atoms with Crippen molar-refractivity contribution in [3.63, 3.8) is 0 Å². The molecule has 1 aromatic carbocycles. The van der Waals surface area contributed by atoms with Crippen LogP contribution in [-0.2, 0) is 6.54 Å². The molecule has 0 radical (unpaired) electrons. The van der Waals surface area contributed by atoms with Crippen molar-refractivity contribution in [1.82, 2.24) is 5.32 Å². The molecule has 19 heavy (non-hydrogen) atoms. The number of alkyl halides is 3. The van der Waals surface area contributed by atoms with E-state index in [4.69, 9.17) is 0 Å². The Hall–Kier alpha value is -0.750. The second-order valence-corrected chi connectivity index (χ2v) is 5.77. The van der Waals surface area contributed by atoms with E-state index >= 15 is 0 Å². The molecule has 0 amide bonds. The van der Waals surface area contributed by atoms with Gasteiger partial charge in [0, 0.05) is 24.1 Å². The van der Waals surface area contributed by atoms with Gasteiger partial charge in [0.1, 0.15) is 6.54 Å². The number of halogens is 4. The fraction of sp³-hybridized carbons (Fsp3) is 0.538. The van der Waals surface area contributed by atoms with Crippen molar-refractivity contribution >= 4 is 21.6 Å². The number of rotatable bonds is 5. The number of hydrogen-bond donors (Lipinski definition) is 1. The van der Waals surface area contributed by atoms with Crippen LogP contribution in [0.3, 0.4) is 0 Å².